The zero-order chi connectivity index (χ0) is 19.2. The Balaban J connectivity index is 1.68. The van der Waals surface area contributed by atoms with E-state index in [1.807, 2.05) is 13.0 Å². The number of nitrogens with one attached hydrogen (secondary N) is 1. The van der Waals surface area contributed by atoms with Gasteiger partial charge in [0.25, 0.3) is 0 Å². The molecule has 1 aliphatic rings. The highest BCUT2D eigenvalue weighted by atomic mass is 16.5. The standard InChI is InChI=1S/C25H28N2O/c1-2-28-24-10-6-9-23(19-24)25(27-17-15-26-16-18-27)22-13-11-21(12-14-22)20-7-4-3-5-8-20/h3-14,19,25-26H,2,15-18H2,1H3. The van der Waals surface area contributed by atoms with Gasteiger partial charge in [-0.05, 0) is 41.3 Å². The van der Waals surface area contributed by atoms with Crippen molar-refractivity contribution in [3.05, 3.63) is 90.0 Å². The molecule has 0 amide bonds. The molecule has 3 nitrogen and oxygen atoms in total. The maximum Gasteiger partial charge on any atom is 0.119 e. The number of ether oxygens (including phenoxy) is 1. The van der Waals surface area contributed by atoms with Gasteiger partial charge in [-0.15, -0.1) is 0 Å². The van der Waals surface area contributed by atoms with Crippen LogP contribution in [-0.2, 0) is 0 Å². The average Bonchev–Trinajstić information content (AvgIpc) is 2.76. The van der Waals surface area contributed by atoms with Gasteiger partial charge in [-0.1, -0.05) is 66.7 Å². The minimum Gasteiger partial charge on any atom is -0.494 e. The van der Waals surface area contributed by atoms with Crippen molar-refractivity contribution in [3.63, 3.8) is 0 Å². The second kappa shape index (κ2) is 9.05. The number of nitrogens with zero attached hydrogens (tertiary/aromatic N) is 1. The molecule has 0 aromatic heterocycles. The van der Waals surface area contributed by atoms with Crippen LogP contribution in [0, 0.1) is 0 Å². The van der Waals surface area contributed by atoms with Crippen LogP contribution in [0.15, 0.2) is 78.9 Å². The van der Waals surface area contributed by atoms with E-state index in [9.17, 15) is 0 Å². The minimum absolute atomic E-state index is 0.243. The highest BCUT2D eigenvalue weighted by Gasteiger charge is 2.24. The summed E-state index contributed by atoms with van der Waals surface area (Å²) in [4.78, 5) is 2.57. The molecule has 1 fully saturated rings. The van der Waals surface area contributed by atoms with Gasteiger partial charge in [0, 0.05) is 26.2 Å². The molecule has 1 N–H and O–H groups in total. The zero-order valence-electron chi connectivity index (χ0n) is 16.5. The maximum atomic E-state index is 5.77. The predicted octanol–water partition coefficient (Wildman–Crippen LogP) is 4.75. The van der Waals surface area contributed by atoms with Crippen molar-refractivity contribution in [3.8, 4) is 16.9 Å². The van der Waals surface area contributed by atoms with Crippen LogP contribution in [0.5, 0.6) is 5.75 Å². The first-order valence-corrected chi connectivity index (χ1v) is 10.2. The van der Waals surface area contributed by atoms with Gasteiger partial charge in [0.1, 0.15) is 5.75 Å². The summed E-state index contributed by atoms with van der Waals surface area (Å²) in [6, 6.07) is 28.4. The number of piperazine rings is 1. The summed E-state index contributed by atoms with van der Waals surface area (Å²) in [5, 5.41) is 3.47. The molecule has 1 heterocycles. The lowest BCUT2D eigenvalue weighted by Crippen LogP contribution is -2.45. The van der Waals surface area contributed by atoms with Crippen LogP contribution in [0.1, 0.15) is 24.1 Å². The van der Waals surface area contributed by atoms with Crippen molar-refractivity contribution in [2.24, 2.45) is 0 Å². The molecule has 0 spiro atoms. The Morgan fingerprint density at radius 2 is 1.54 bits per heavy atom. The molecule has 3 aromatic carbocycles. The van der Waals surface area contributed by atoms with Crippen LogP contribution in [0.25, 0.3) is 11.1 Å². The normalized spacial score (nSPS) is 15.9. The number of hydrogen-bond donors (Lipinski definition) is 1. The SMILES string of the molecule is CCOc1cccc(C(c2ccc(-c3ccccc3)cc2)N2CCNCC2)c1. The molecular weight excluding hydrogens is 344 g/mol. The summed E-state index contributed by atoms with van der Waals surface area (Å²) >= 11 is 0. The summed E-state index contributed by atoms with van der Waals surface area (Å²) in [6.07, 6.45) is 0. The molecule has 1 saturated heterocycles. The van der Waals surface area contributed by atoms with E-state index in [1.165, 1.54) is 22.3 Å². The van der Waals surface area contributed by atoms with Gasteiger partial charge in [0.2, 0.25) is 0 Å². The van der Waals surface area contributed by atoms with E-state index in [1.54, 1.807) is 0 Å². The Hall–Kier alpha value is -2.62. The predicted molar refractivity (Wildman–Crippen MR) is 116 cm³/mol. The van der Waals surface area contributed by atoms with E-state index in [0.29, 0.717) is 6.61 Å². The minimum atomic E-state index is 0.243. The van der Waals surface area contributed by atoms with Gasteiger partial charge < -0.3 is 10.1 Å². The van der Waals surface area contributed by atoms with Crippen molar-refractivity contribution in [2.45, 2.75) is 13.0 Å². The molecule has 0 radical (unpaired) electrons. The van der Waals surface area contributed by atoms with E-state index in [4.69, 9.17) is 4.74 Å². The van der Waals surface area contributed by atoms with E-state index in [-0.39, 0.29) is 6.04 Å². The van der Waals surface area contributed by atoms with E-state index in [2.05, 4.69) is 83.0 Å². The van der Waals surface area contributed by atoms with E-state index < -0.39 is 0 Å². The fourth-order valence-electron chi connectivity index (χ4n) is 3.98. The number of benzene rings is 3. The van der Waals surface area contributed by atoms with Crippen molar-refractivity contribution < 1.29 is 4.74 Å². The highest BCUT2D eigenvalue weighted by molar-refractivity contribution is 5.63. The summed E-state index contributed by atoms with van der Waals surface area (Å²) in [7, 11) is 0. The Morgan fingerprint density at radius 1 is 0.821 bits per heavy atom. The molecular formula is C25H28N2O. The first-order chi connectivity index (χ1) is 13.8. The molecule has 4 rings (SSSR count). The molecule has 28 heavy (non-hydrogen) atoms. The largest absolute Gasteiger partial charge is 0.494 e. The molecule has 144 valence electrons. The fraction of sp³-hybridized carbons (Fsp3) is 0.280. The lowest BCUT2D eigenvalue weighted by Gasteiger charge is -2.35. The summed E-state index contributed by atoms with van der Waals surface area (Å²) in [6.45, 7) is 6.87. The van der Waals surface area contributed by atoms with Crippen LogP contribution in [0.3, 0.4) is 0 Å². The van der Waals surface area contributed by atoms with Crippen LogP contribution < -0.4 is 10.1 Å². The molecule has 0 bridgehead atoms. The average molecular weight is 373 g/mol. The molecule has 1 atom stereocenters. The number of hydrogen-bond acceptors (Lipinski definition) is 3. The Bertz CT molecular complexity index is 871. The first kappa shape index (κ1) is 18.7. The van der Waals surface area contributed by atoms with Gasteiger partial charge in [0.05, 0.1) is 12.6 Å². The van der Waals surface area contributed by atoms with Gasteiger partial charge in [-0.25, -0.2) is 0 Å². The first-order valence-electron chi connectivity index (χ1n) is 10.2. The molecule has 3 aromatic rings. The van der Waals surface area contributed by atoms with Crippen molar-refractivity contribution in [2.75, 3.05) is 32.8 Å². The van der Waals surface area contributed by atoms with Crippen molar-refractivity contribution in [1.29, 1.82) is 0 Å². The third-order valence-electron chi connectivity index (χ3n) is 5.34. The van der Waals surface area contributed by atoms with Crippen molar-refractivity contribution in [1.82, 2.24) is 10.2 Å². The van der Waals surface area contributed by atoms with Gasteiger partial charge in [0.15, 0.2) is 0 Å². The van der Waals surface area contributed by atoms with Crippen LogP contribution in [0.2, 0.25) is 0 Å². The fourth-order valence-corrected chi connectivity index (χ4v) is 3.98. The Morgan fingerprint density at radius 3 is 2.25 bits per heavy atom. The third-order valence-corrected chi connectivity index (χ3v) is 5.34. The van der Waals surface area contributed by atoms with Gasteiger partial charge in [-0.3, -0.25) is 4.90 Å². The van der Waals surface area contributed by atoms with Crippen molar-refractivity contribution >= 4 is 0 Å². The van der Waals surface area contributed by atoms with Crippen LogP contribution in [0.4, 0.5) is 0 Å². The highest BCUT2D eigenvalue weighted by Crippen LogP contribution is 2.32. The van der Waals surface area contributed by atoms with Crippen LogP contribution >= 0.6 is 0 Å². The lowest BCUT2D eigenvalue weighted by atomic mass is 9.94. The monoisotopic (exact) mass is 372 g/mol. The topological polar surface area (TPSA) is 24.5 Å². The second-order valence-electron chi connectivity index (χ2n) is 7.18. The van der Waals surface area contributed by atoms with Gasteiger partial charge >= 0.3 is 0 Å². The number of rotatable bonds is 6. The Kier molecular flexibility index (Phi) is 6.05. The second-order valence-corrected chi connectivity index (χ2v) is 7.18. The lowest BCUT2D eigenvalue weighted by molar-refractivity contribution is 0.198. The van der Waals surface area contributed by atoms with E-state index in [0.717, 1.165) is 31.9 Å². The Labute approximate surface area is 168 Å². The van der Waals surface area contributed by atoms with Crippen LogP contribution in [-0.4, -0.2) is 37.7 Å². The maximum absolute atomic E-state index is 5.77. The van der Waals surface area contributed by atoms with E-state index >= 15 is 0 Å². The smallest absolute Gasteiger partial charge is 0.119 e. The molecule has 1 unspecified atom stereocenters. The summed E-state index contributed by atoms with van der Waals surface area (Å²) in [5.41, 5.74) is 5.13. The quantitative estimate of drug-likeness (QED) is 0.676. The third kappa shape index (κ3) is 4.27. The zero-order valence-corrected chi connectivity index (χ0v) is 16.5. The molecule has 0 saturated carbocycles. The molecule has 3 heteroatoms. The summed E-state index contributed by atoms with van der Waals surface area (Å²) in [5.74, 6) is 0.945. The van der Waals surface area contributed by atoms with Gasteiger partial charge in [-0.2, -0.15) is 0 Å². The summed E-state index contributed by atoms with van der Waals surface area (Å²) < 4.78 is 5.77. The molecule has 1 aliphatic heterocycles. The molecule has 0 aliphatic carbocycles.